The number of anilines is 2. The van der Waals surface area contributed by atoms with E-state index in [-0.39, 0.29) is 17.8 Å². The fourth-order valence-corrected chi connectivity index (χ4v) is 3.06. The second-order valence-electron chi connectivity index (χ2n) is 5.93. The topological polar surface area (TPSA) is 41.1 Å². The highest BCUT2D eigenvalue weighted by molar-refractivity contribution is 5.89. The molecule has 0 bridgehead atoms. The van der Waals surface area contributed by atoms with Crippen LogP contribution in [0, 0.1) is 17.7 Å². The van der Waals surface area contributed by atoms with Crippen LogP contribution in [-0.4, -0.2) is 11.9 Å². The highest BCUT2D eigenvalue weighted by Crippen LogP contribution is 2.32. The molecule has 1 amide bonds. The van der Waals surface area contributed by atoms with Crippen molar-refractivity contribution in [3.63, 3.8) is 0 Å². The molecule has 1 aliphatic rings. The summed E-state index contributed by atoms with van der Waals surface area (Å²) in [6, 6.07) is 4.93. The normalized spacial score (nSPS) is 26.1. The molecular formula is C16H23FN2O. The Morgan fingerprint density at radius 3 is 2.50 bits per heavy atom. The highest BCUT2D eigenvalue weighted by Gasteiger charge is 2.28. The van der Waals surface area contributed by atoms with Crippen LogP contribution in [0.4, 0.5) is 15.8 Å². The number of benzene rings is 1. The third-order valence-corrected chi connectivity index (χ3v) is 4.15. The Hall–Kier alpha value is -1.58. The van der Waals surface area contributed by atoms with Gasteiger partial charge in [0.25, 0.3) is 0 Å². The Morgan fingerprint density at radius 2 is 1.90 bits per heavy atom. The third-order valence-electron chi connectivity index (χ3n) is 4.15. The number of hydrogen-bond donors (Lipinski definition) is 2. The maximum absolute atomic E-state index is 13.9. The maximum Gasteiger partial charge on any atom is 0.221 e. The molecule has 110 valence electrons. The van der Waals surface area contributed by atoms with E-state index in [0.29, 0.717) is 23.2 Å². The van der Waals surface area contributed by atoms with Crippen LogP contribution in [0.5, 0.6) is 0 Å². The zero-order chi connectivity index (χ0) is 14.7. The molecule has 2 rings (SSSR count). The van der Waals surface area contributed by atoms with E-state index >= 15 is 0 Å². The Labute approximate surface area is 120 Å². The number of halogens is 1. The van der Waals surface area contributed by atoms with Crippen LogP contribution in [0.2, 0.25) is 0 Å². The summed E-state index contributed by atoms with van der Waals surface area (Å²) in [6.45, 7) is 5.87. The molecule has 0 aliphatic heterocycles. The quantitative estimate of drug-likeness (QED) is 0.876. The van der Waals surface area contributed by atoms with E-state index in [0.717, 1.165) is 0 Å². The minimum Gasteiger partial charge on any atom is -0.379 e. The molecule has 2 unspecified atom stereocenters. The Morgan fingerprint density at radius 1 is 1.25 bits per heavy atom. The lowest BCUT2D eigenvalue weighted by atomic mass is 9.78. The molecule has 0 heterocycles. The summed E-state index contributed by atoms with van der Waals surface area (Å²) in [7, 11) is 0. The van der Waals surface area contributed by atoms with Crippen molar-refractivity contribution in [2.75, 3.05) is 10.6 Å². The first-order valence-corrected chi connectivity index (χ1v) is 7.31. The zero-order valence-electron chi connectivity index (χ0n) is 12.4. The van der Waals surface area contributed by atoms with Gasteiger partial charge in [-0.15, -0.1) is 0 Å². The lowest BCUT2D eigenvalue weighted by Crippen LogP contribution is -2.37. The first-order chi connectivity index (χ1) is 9.47. The van der Waals surface area contributed by atoms with E-state index in [1.807, 2.05) is 0 Å². The van der Waals surface area contributed by atoms with Gasteiger partial charge < -0.3 is 10.6 Å². The largest absolute Gasteiger partial charge is 0.379 e. The van der Waals surface area contributed by atoms with Crippen LogP contribution in [0.15, 0.2) is 18.2 Å². The molecule has 1 aromatic rings. The van der Waals surface area contributed by atoms with Gasteiger partial charge in [0.2, 0.25) is 5.91 Å². The molecule has 20 heavy (non-hydrogen) atoms. The molecule has 1 saturated carbocycles. The number of rotatable bonds is 3. The summed E-state index contributed by atoms with van der Waals surface area (Å²) in [4.78, 5) is 11.1. The van der Waals surface area contributed by atoms with Crippen LogP contribution in [0.25, 0.3) is 0 Å². The lowest BCUT2D eigenvalue weighted by Gasteiger charge is -2.36. The fourth-order valence-electron chi connectivity index (χ4n) is 3.06. The summed E-state index contributed by atoms with van der Waals surface area (Å²) >= 11 is 0. The average Bonchev–Trinajstić information content (AvgIpc) is 2.37. The average molecular weight is 278 g/mol. The molecule has 0 saturated heterocycles. The molecule has 3 nitrogen and oxygen atoms in total. The molecule has 4 heteroatoms. The molecule has 1 aliphatic carbocycles. The van der Waals surface area contributed by atoms with Crippen molar-refractivity contribution in [1.29, 1.82) is 0 Å². The number of amides is 1. The zero-order valence-corrected chi connectivity index (χ0v) is 12.4. The predicted molar refractivity (Wildman–Crippen MR) is 80.3 cm³/mol. The lowest BCUT2D eigenvalue weighted by molar-refractivity contribution is -0.114. The smallest absolute Gasteiger partial charge is 0.221 e. The fraction of sp³-hybridized carbons (Fsp3) is 0.562. The molecule has 1 fully saturated rings. The second-order valence-corrected chi connectivity index (χ2v) is 5.93. The van der Waals surface area contributed by atoms with Gasteiger partial charge in [-0.1, -0.05) is 20.3 Å². The minimum atomic E-state index is -0.274. The Kier molecular flexibility index (Phi) is 4.63. The van der Waals surface area contributed by atoms with Gasteiger partial charge in [0, 0.05) is 18.7 Å². The van der Waals surface area contributed by atoms with Crippen LogP contribution >= 0.6 is 0 Å². The first kappa shape index (κ1) is 14.8. The van der Waals surface area contributed by atoms with Gasteiger partial charge in [-0.05, 0) is 42.9 Å². The predicted octanol–water partition coefficient (Wildman–Crippen LogP) is 4.02. The number of carbonyl (C=O) groups is 1. The molecule has 0 aromatic heterocycles. The van der Waals surface area contributed by atoms with Gasteiger partial charge in [0.05, 0.1) is 5.69 Å². The van der Waals surface area contributed by atoms with Crippen LogP contribution in [0.3, 0.4) is 0 Å². The number of nitrogens with one attached hydrogen (secondary N) is 2. The van der Waals surface area contributed by atoms with E-state index in [1.165, 1.54) is 32.3 Å². The summed E-state index contributed by atoms with van der Waals surface area (Å²) in [5.41, 5.74) is 1.10. The van der Waals surface area contributed by atoms with Crippen molar-refractivity contribution >= 4 is 17.3 Å². The third kappa shape index (κ3) is 3.50. The van der Waals surface area contributed by atoms with Gasteiger partial charge in [0.1, 0.15) is 5.82 Å². The van der Waals surface area contributed by atoms with Gasteiger partial charge in [0.15, 0.2) is 0 Å². The first-order valence-electron chi connectivity index (χ1n) is 7.31. The van der Waals surface area contributed by atoms with Crippen molar-refractivity contribution in [2.24, 2.45) is 11.8 Å². The van der Waals surface area contributed by atoms with E-state index in [1.54, 1.807) is 12.1 Å². The van der Waals surface area contributed by atoms with Gasteiger partial charge >= 0.3 is 0 Å². The second kappa shape index (κ2) is 6.25. The van der Waals surface area contributed by atoms with E-state index in [9.17, 15) is 9.18 Å². The van der Waals surface area contributed by atoms with Crippen molar-refractivity contribution in [3.05, 3.63) is 24.0 Å². The minimum absolute atomic E-state index is 0.151. The molecular weight excluding hydrogens is 255 g/mol. The van der Waals surface area contributed by atoms with E-state index in [2.05, 4.69) is 24.5 Å². The monoisotopic (exact) mass is 278 g/mol. The SMILES string of the molecule is CC(=O)Nc1ccc(F)c(NC2C(C)CCCC2C)c1. The van der Waals surface area contributed by atoms with Crippen LogP contribution < -0.4 is 10.6 Å². The molecule has 0 radical (unpaired) electrons. The van der Waals surface area contributed by atoms with E-state index < -0.39 is 0 Å². The van der Waals surface area contributed by atoms with Crippen molar-refractivity contribution in [1.82, 2.24) is 0 Å². The summed E-state index contributed by atoms with van der Waals surface area (Å²) in [5, 5.41) is 6.02. The number of carbonyl (C=O) groups excluding carboxylic acids is 1. The van der Waals surface area contributed by atoms with E-state index in [4.69, 9.17) is 0 Å². The van der Waals surface area contributed by atoms with Crippen molar-refractivity contribution < 1.29 is 9.18 Å². The molecule has 1 aromatic carbocycles. The number of hydrogen-bond acceptors (Lipinski definition) is 2. The highest BCUT2D eigenvalue weighted by atomic mass is 19.1. The Bertz CT molecular complexity index is 479. The van der Waals surface area contributed by atoms with Gasteiger partial charge in [-0.25, -0.2) is 4.39 Å². The molecule has 2 atom stereocenters. The van der Waals surface area contributed by atoms with Gasteiger partial charge in [-0.3, -0.25) is 4.79 Å². The summed E-state index contributed by atoms with van der Waals surface area (Å²) in [6.07, 6.45) is 3.60. The Balaban J connectivity index is 2.16. The van der Waals surface area contributed by atoms with Crippen LogP contribution in [-0.2, 0) is 4.79 Å². The summed E-state index contributed by atoms with van der Waals surface area (Å²) < 4.78 is 13.9. The molecule has 0 spiro atoms. The maximum atomic E-state index is 13.9. The van der Waals surface area contributed by atoms with Gasteiger partial charge in [-0.2, -0.15) is 0 Å². The van der Waals surface area contributed by atoms with Crippen molar-refractivity contribution in [3.8, 4) is 0 Å². The molecule has 2 N–H and O–H groups in total. The standard InChI is InChI=1S/C16H23FN2O/c1-10-5-4-6-11(2)16(10)19-15-9-13(18-12(3)20)7-8-14(15)17/h7-11,16,19H,4-6H2,1-3H3,(H,18,20). The van der Waals surface area contributed by atoms with Crippen molar-refractivity contribution in [2.45, 2.75) is 46.1 Å². The summed E-state index contributed by atoms with van der Waals surface area (Å²) in [5.74, 6) is 0.635. The van der Waals surface area contributed by atoms with Crippen LogP contribution in [0.1, 0.15) is 40.0 Å².